The van der Waals surface area contributed by atoms with Gasteiger partial charge < -0.3 is 5.32 Å². The number of guanidine groups is 1. The van der Waals surface area contributed by atoms with Gasteiger partial charge in [-0.3, -0.25) is 10.1 Å². The second-order valence-corrected chi connectivity index (χ2v) is 10.4. The smallest absolute Gasteiger partial charge is 0.274 e. The zero-order valence-corrected chi connectivity index (χ0v) is 16.8. The van der Waals surface area contributed by atoms with Gasteiger partial charge in [0.2, 0.25) is 5.96 Å². The number of nitrogens with one attached hydrogen (secondary N) is 2. The molecule has 0 spiro atoms. The molecule has 2 N–H and O–H groups in total. The number of fused-ring (bicyclic) bond motifs is 1. The lowest BCUT2D eigenvalue weighted by Gasteiger charge is -2.58. The molecule has 5 aliphatic rings. The van der Waals surface area contributed by atoms with E-state index in [1.54, 1.807) is 11.3 Å². The van der Waals surface area contributed by atoms with Gasteiger partial charge in [-0.15, -0.1) is 11.3 Å². The Balaban J connectivity index is 1.24. The van der Waals surface area contributed by atoms with Crippen molar-refractivity contribution < 1.29 is 4.79 Å². The summed E-state index contributed by atoms with van der Waals surface area (Å²) in [6.07, 6.45) is 8.54. The SMILES string of the molecule is CC12CC3CC(C1)C(N=C1NC(=O)/C(=C/c4ccc5ncsc5c4)N1)C(C3)C2. The minimum atomic E-state index is -0.0982. The summed E-state index contributed by atoms with van der Waals surface area (Å²) < 4.78 is 1.13. The van der Waals surface area contributed by atoms with Crippen LogP contribution in [0.2, 0.25) is 0 Å². The lowest BCUT2D eigenvalue weighted by Crippen LogP contribution is -2.52. The van der Waals surface area contributed by atoms with Gasteiger partial charge in [-0.05, 0) is 79.0 Å². The lowest BCUT2D eigenvalue weighted by atomic mass is 9.48. The maximum absolute atomic E-state index is 12.5. The molecule has 2 atom stereocenters. The van der Waals surface area contributed by atoms with Gasteiger partial charge in [0.25, 0.3) is 5.91 Å². The van der Waals surface area contributed by atoms with Gasteiger partial charge in [-0.2, -0.15) is 0 Å². The fourth-order valence-corrected chi connectivity index (χ4v) is 7.17. The largest absolute Gasteiger partial charge is 0.321 e. The van der Waals surface area contributed by atoms with Gasteiger partial charge in [0.1, 0.15) is 5.70 Å². The van der Waals surface area contributed by atoms with Crippen molar-refractivity contribution in [2.45, 2.75) is 45.1 Å². The number of aliphatic imine (C=N–C) groups is 1. The zero-order valence-electron chi connectivity index (χ0n) is 15.9. The van der Waals surface area contributed by atoms with E-state index < -0.39 is 0 Å². The molecule has 144 valence electrons. The molecule has 1 aromatic heterocycles. The number of amides is 1. The monoisotopic (exact) mass is 392 g/mol. The van der Waals surface area contributed by atoms with E-state index in [0.29, 0.717) is 34.9 Å². The summed E-state index contributed by atoms with van der Waals surface area (Å²) in [4.78, 5) is 21.8. The quantitative estimate of drug-likeness (QED) is 0.761. The van der Waals surface area contributed by atoms with Crippen LogP contribution in [0.1, 0.15) is 44.6 Å². The van der Waals surface area contributed by atoms with Gasteiger partial charge in [0.15, 0.2) is 0 Å². The molecule has 2 unspecified atom stereocenters. The predicted octanol–water partition coefficient (Wildman–Crippen LogP) is 3.93. The van der Waals surface area contributed by atoms with E-state index in [2.05, 4.69) is 28.6 Å². The molecule has 1 aromatic carbocycles. The van der Waals surface area contributed by atoms with Crippen molar-refractivity contribution in [1.29, 1.82) is 0 Å². The van der Waals surface area contributed by atoms with Crippen LogP contribution in [0.3, 0.4) is 0 Å². The standard InChI is InChI=1S/C22H24N4OS/c1-22-8-13-4-14(9-22)19(15(5-13)10-22)25-21-24-17(20(27)26-21)6-12-2-3-16-18(7-12)28-11-23-16/h2-3,6-7,11,13-15,19H,4-5,8-10H2,1H3,(H2,24,25,26,27)/b17-6-. The number of thiazole rings is 1. The van der Waals surface area contributed by atoms with Crippen molar-refractivity contribution in [2.75, 3.05) is 0 Å². The summed E-state index contributed by atoms with van der Waals surface area (Å²) >= 11 is 1.61. The average Bonchev–Trinajstić information content (AvgIpc) is 3.23. The normalized spacial score (nSPS) is 39.1. The first-order chi connectivity index (χ1) is 13.5. The highest BCUT2D eigenvalue weighted by Gasteiger charge is 2.53. The molecule has 5 nitrogen and oxygen atoms in total. The predicted molar refractivity (Wildman–Crippen MR) is 112 cm³/mol. The van der Waals surface area contributed by atoms with Crippen LogP contribution in [0.4, 0.5) is 0 Å². The van der Waals surface area contributed by atoms with Gasteiger partial charge >= 0.3 is 0 Å². The van der Waals surface area contributed by atoms with Crippen LogP contribution in [0.15, 0.2) is 34.4 Å². The van der Waals surface area contributed by atoms with E-state index in [1.165, 1.54) is 32.1 Å². The molecule has 6 heteroatoms. The Morgan fingerprint density at radius 1 is 1.21 bits per heavy atom. The summed E-state index contributed by atoms with van der Waals surface area (Å²) in [5, 5.41) is 6.18. The third-order valence-corrected chi connectivity index (χ3v) is 8.00. The Hall–Kier alpha value is -2.21. The zero-order chi connectivity index (χ0) is 18.9. The fraction of sp³-hybridized carbons (Fsp3) is 0.500. The highest BCUT2D eigenvalue weighted by atomic mass is 32.1. The average molecular weight is 393 g/mol. The van der Waals surface area contributed by atoms with E-state index in [0.717, 1.165) is 21.7 Å². The van der Waals surface area contributed by atoms with E-state index in [9.17, 15) is 4.79 Å². The van der Waals surface area contributed by atoms with Crippen molar-refractivity contribution >= 4 is 39.5 Å². The highest BCUT2D eigenvalue weighted by molar-refractivity contribution is 7.16. The lowest BCUT2D eigenvalue weighted by molar-refractivity contribution is -0.115. The molecule has 1 saturated heterocycles. The Bertz CT molecular complexity index is 1020. The number of hydrogen-bond donors (Lipinski definition) is 2. The number of rotatable bonds is 2. The number of carbonyl (C=O) groups is 1. The molecule has 4 bridgehead atoms. The molecule has 4 aliphatic carbocycles. The summed E-state index contributed by atoms with van der Waals surface area (Å²) in [5.41, 5.74) is 4.95. The van der Waals surface area contributed by atoms with E-state index >= 15 is 0 Å². The van der Waals surface area contributed by atoms with Gasteiger partial charge in [0, 0.05) is 0 Å². The van der Waals surface area contributed by atoms with Gasteiger partial charge in [-0.1, -0.05) is 13.0 Å². The second-order valence-electron chi connectivity index (χ2n) is 9.47. The molecule has 2 aromatic rings. The van der Waals surface area contributed by atoms with Crippen molar-refractivity contribution in [1.82, 2.24) is 15.6 Å². The Labute approximate surface area is 168 Å². The minimum absolute atomic E-state index is 0.0982. The molecule has 2 heterocycles. The molecule has 4 saturated carbocycles. The van der Waals surface area contributed by atoms with Crippen LogP contribution in [0.5, 0.6) is 0 Å². The maximum Gasteiger partial charge on any atom is 0.274 e. The Kier molecular flexibility index (Phi) is 3.52. The van der Waals surface area contributed by atoms with E-state index in [1.807, 2.05) is 23.7 Å². The number of benzene rings is 1. The minimum Gasteiger partial charge on any atom is -0.321 e. The topological polar surface area (TPSA) is 66.4 Å². The number of carbonyl (C=O) groups excluding carboxylic acids is 1. The first-order valence-corrected chi connectivity index (χ1v) is 11.1. The molecule has 0 radical (unpaired) electrons. The van der Waals surface area contributed by atoms with Crippen LogP contribution in [-0.4, -0.2) is 22.9 Å². The van der Waals surface area contributed by atoms with Crippen LogP contribution in [0, 0.1) is 23.2 Å². The Morgan fingerprint density at radius 3 is 2.82 bits per heavy atom. The molecular formula is C22H24N4OS. The molecule has 1 amide bonds. The van der Waals surface area contributed by atoms with Crippen molar-refractivity contribution in [3.8, 4) is 0 Å². The van der Waals surface area contributed by atoms with Crippen LogP contribution >= 0.6 is 11.3 Å². The molecule has 1 aliphatic heterocycles. The van der Waals surface area contributed by atoms with Crippen molar-refractivity contribution in [3.05, 3.63) is 35.0 Å². The molecular weight excluding hydrogens is 368 g/mol. The maximum atomic E-state index is 12.5. The van der Waals surface area contributed by atoms with E-state index in [-0.39, 0.29) is 5.91 Å². The summed E-state index contributed by atoms with van der Waals surface area (Å²) in [7, 11) is 0. The molecule has 5 fully saturated rings. The van der Waals surface area contributed by atoms with Crippen LogP contribution in [-0.2, 0) is 4.79 Å². The number of hydrogen-bond acceptors (Lipinski definition) is 4. The summed E-state index contributed by atoms with van der Waals surface area (Å²) in [6.45, 7) is 2.47. The number of aromatic nitrogens is 1. The summed E-state index contributed by atoms with van der Waals surface area (Å²) in [5.74, 6) is 2.81. The third-order valence-electron chi connectivity index (χ3n) is 7.20. The first-order valence-electron chi connectivity index (χ1n) is 10.3. The van der Waals surface area contributed by atoms with Crippen LogP contribution < -0.4 is 10.6 Å². The molecule has 7 rings (SSSR count). The third kappa shape index (κ3) is 2.69. The highest BCUT2D eigenvalue weighted by Crippen LogP contribution is 2.60. The first kappa shape index (κ1) is 16.7. The molecule has 28 heavy (non-hydrogen) atoms. The van der Waals surface area contributed by atoms with Crippen LogP contribution in [0.25, 0.3) is 16.3 Å². The van der Waals surface area contributed by atoms with Gasteiger partial charge in [0.05, 0.1) is 21.8 Å². The fourth-order valence-electron chi connectivity index (χ4n) is 6.45. The van der Waals surface area contributed by atoms with E-state index in [4.69, 9.17) is 4.99 Å². The Morgan fingerprint density at radius 2 is 2.04 bits per heavy atom. The number of nitrogens with zero attached hydrogens (tertiary/aromatic N) is 2. The summed E-state index contributed by atoms with van der Waals surface area (Å²) in [6, 6.07) is 6.43. The van der Waals surface area contributed by atoms with Gasteiger partial charge in [-0.25, -0.2) is 9.98 Å². The van der Waals surface area contributed by atoms with Crippen molar-refractivity contribution in [2.24, 2.45) is 28.2 Å². The second kappa shape index (κ2) is 5.89. The van der Waals surface area contributed by atoms with Crippen molar-refractivity contribution in [3.63, 3.8) is 0 Å².